The number of ether oxygens (including phenoxy) is 1. The molecule has 5 aromatic rings. The van der Waals surface area contributed by atoms with Gasteiger partial charge in [-0.25, -0.2) is 4.98 Å². The number of H-pyrrole nitrogens is 1. The molecule has 6 heterocycles. The van der Waals surface area contributed by atoms with E-state index in [-0.39, 0.29) is 11.5 Å². The number of fused-ring (bicyclic) bond motifs is 2. The number of allylic oxidation sites excluding steroid dienone is 1. The van der Waals surface area contributed by atoms with Crippen LogP contribution in [0.5, 0.6) is 0 Å². The van der Waals surface area contributed by atoms with Gasteiger partial charge in [0.25, 0.3) is 11.8 Å². The molecule has 3 aliphatic heterocycles. The Morgan fingerprint density at radius 3 is 2.52 bits per heavy atom. The lowest BCUT2D eigenvalue weighted by Crippen LogP contribution is -2.52. The van der Waals surface area contributed by atoms with Gasteiger partial charge < -0.3 is 30.6 Å². The highest BCUT2D eigenvalue weighted by atomic mass is 16.5. The van der Waals surface area contributed by atoms with Crippen LogP contribution in [0.25, 0.3) is 22.3 Å². The first-order chi connectivity index (χ1) is 29.4. The number of benzene rings is 2. The number of amides is 3. The number of nitrogens with zero attached hydrogens (tertiary/aromatic N) is 6. The molecular weight excluding hydrogens is 769 g/mol. The molecule has 320 valence electrons. The Morgan fingerprint density at radius 1 is 0.951 bits per heavy atom. The van der Waals surface area contributed by atoms with E-state index in [1.165, 1.54) is 5.56 Å². The third-order valence-corrected chi connectivity index (χ3v) is 12.3. The second-order valence-electron chi connectivity index (χ2n) is 17.8. The van der Waals surface area contributed by atoms with Gasteiger partial charge in [0.2, 0.25) is 11.9 Å². The molecule has 3 aromatic heterocycles. The molecule has 0 saturated carbocycles. The van der Waals surface area contributed by atoms with E-state index in [9.17, 15) is 14.4 Å². The van der Waals surface area contributed by atoms with Crippen LogP contribution in [0.3, 0.4) is 0 Å². The first kappa shape index (κ1) is 41.9. The molecule has 0 bridgehead atoms. The molecule has 8 rings (SSSR count). The van der Waals surface area contributed by atoms with Crippen LogP contribution in [0.2, 0.25) is 0 Å². The molecule has 2 fully saturated rings. The summed E-state index contributed by atoms with van der Waals surface area (Å²) in [5.74, 6) is -0.0582. The summed E-state index contributed by atoms with van der Waals surface area (Å²) in [5.41, 5.74) is 5.38. The van der Waals surface area contributed by atoms with Crippen LogP contribution < -0.4 is 16.0 Å². The van der Waals surface area contributed by atoms with Crippen LogP contribution in [-0.4, -0.2) is 102 Å². The number of aromatic amines is 1. The normalized spacial score (nSPS) is 17.8. The van der Waals surface area contributed by atoms with Crippen molar-refractivity contribution in [3.05, 3.63) is 96.5 Å². The van der Waals surface area contributed by atoms with Crippen molar-refractivity contribution in [2.75, 3.05) is 43.4 Å². The number of likely N-dealkylation sites (tertiary alicyclic amines) is 1. The van der Waals surface area contributed by atoms with E-state index < -0.39 is 23.4 Å². The molecule has 0 radical (unpaired) electrons. The molecule has 61 heavy (non-hydrogen) atoms. The minimum Gasteiger partial charge on any atom is -0.379 e. The smallest absolute Gasteiger partial charge is 0.264 e. The van der Waals surface area contributed by atoms with Crippen LogP contribution in [-0.2, 0) is 16.1 Å². The lowest BCUT2D eigenvalue weighted by atomic mass is 9.89. The third kappa shape index (κ3) is 9.40. The van der Waals surface area contributed by atoms with Crippen LogP contribution >= 0.6 is 0 Å². The van der Waals surface area contributed by atoms with Gasteiger partial charge in [-0.05, 0) is 128 Å². The van der Waals surface area contributed by atoms with Gasteiger partial charge in [0, 0.05) is 66.5 Å². The molecule has 1 unspecified atom stereocenters. The molecule has 2 aromatic carbocycles. The number of aromatic nitrogens is 5. The minimum atomic E-state index is -0.773. The first-order valence-electron chi connectivity index (χ1n) is 21.7. The number of carbonyl (C=O) groups excluding carboxylic acids is 3. The molecule has 3 aliphatic rings. The first-order valence-corrected chi connectivity index (χ1v) is 21.7. The van der Waals surface area contributed by atoms with Crippen molar-refractivity contribution >= 4 is 46.1 Å². The number of piperidine rings is 2. The van der Waals surface area contributed by atoms with Crippen molar-refractivity contribution in [3.8, 4) is 11.3 Å². The Labute approximate surface area is 357 Å². The van der Waals surface area contributed by atoms with Crippen molar-refractivity contribution in [1.29, 1.82) is 0 Å². The summed E-state index contributed by atoms with van der Waals surface area (Å²) in [6.45, 7) is 17.2. The fourth-order valence-electron chi connectivity index (χ4n) is 8.71. The summed E-state index contributed by atoms with van der Waals surface area (Å²) >= 11 is 0. The van der Waals surface area contributed by atoms with Crippen LogP contribution in [0.15, 0.2) is 79.8 Å². The molecule has 2 saturated heterocycles. The zero-order valence-corrected chi connectivity index (χ0v) is 35.8. The molecule has 14 nitrogen and oxygen atoms in total. The fourth-order valence-corrected chi connectivity index (χ4v) is 8.71. The number of anilines is 3. The second kappa shape index (κ2) is 17.6. The highest BCUT2D eigenvalue weighted by molar-refractivity contribution is 6.25. The van der Waals surface area contributed by atoms with Gasteiger partial charge in [-0.3, -0.25) is 24.0 Å². The van der Waals surface area contributed by atoms with Gasteiger partial charge in [0.1, 0.15) is 11.7 Å². The zero-order valence-electron chi connectivity index (χ0n) is 35.8. The van der Waals surface area contributed by atoms with Crippen molar-refractivity contribution < 1.29 is 19.1 Å². The largest absolute Gasteiger partial charge is 0.379 e. The monoisotopic (exact) mass is 826 g/mol. The highest BCUT2D eigenvalue weighted by Gasteiger charge is 2.45. The molecule has 14 heteroatoms. The molecule has 0 aliphatic carbocycles. The third-order valence-electron chi connectivity index (χ3n) is 12.3. The van der Waals surface area contributed by atoms with Crippen LogP contribution in [0.1, 0.15) is 105 Å². The van der Waals surface area contributed by atoms with Crippen molar-refractivity contribution in [2.24, 2.45) is 0 Å². The number of carbonyl (C=O) groups is 3. The van der Waals surface area contributed by atoms with E-state index in [0.29, 0.717) is 54.7 Å². The van der Waals surface area contributed by atoms with Gasteiger partial charge in [-0.1, -0.05) is 24.3 Å². The Bertz CT molecular complexity index is 2390. The average Bonchev–Trinajstić information content (AvgIpc) is 3.98. The summed E-state index contributed by atoms with van der Waals surface area (Å²) < 4.78 is 8.39. The predicted octanol–water partition coefficient (Wildman–Crippen LogP) is 7.66. The quantitative estimate of drug-likeness (QED) is 0.0541. The van der Waals surface area contributed by atoms with Crippen molar-refractivity contribution in [2.45, 2.75) is 102 Å². The maximum absolute atomic E-state index is 13.6. The summed E-state index contributed by atoms with van der Waals surface area (Å²) in [6.07, 6.45) is 13.5. The maximum Gasteiger partial charge on any atom is 0.264 e. The molecule has 1 atom stereocenters. The average molecular weight is 827 g/mol. The van der Waals surface area contributed by atoms with Gasteiger partial charge >= 0.3 is 0 Å². The number of hydrogen-bond donors (Lipinski definition) is 4. The fraction of sp³-hybridized carbons (Fsp3) is 0.447. The number of hydrogen-bond acceptors (Lipinski definition) is 10. The van der Waals surface area contributed by atoms with Gasteiger partial charge in [0.05, 0.1) is 28.6 Å². The molecule has 4 N–H and O–H groups in total. The number of rotatable bonds is 17. The highest BCUT2D eigenvalue weighted by Crippen LogP contribution is 2.35. The van der Waals surface area contributed by atoms with Crippen LogP contribution in [0.4, 0.5) is 17.3 Å². The van der Waals surface area contributed by atoms with E-state index in [1.807, 2.05) is 41.5 Å². The Hall–Kier alpha value is -5.86. The molecule has 3 amide bonds. The standard InChI is InChI=1S/C47H58N10O4/c1-6-7-24-56-30-33(29-50-56)40-36-17-23-48-41(36)53-45(52-40)51-34-15-13-31(14-16-34)32-18-25-55(26-19-32)27-20-47(4,5)61-28-21-46(2,3)54-37-11-8-10-35-39(37)44(60)57(43(35)59)38-12-9-22-49-42(38)58/h6,8,10-11,13-17,23,29-30,32,38,54H,1,7,9,12,18-22,24-28H2,2-5H3,(H,49,58)(H2,48,51,52,53). The molecular formula is C47H58N10O4. The van der Waals surface area contributed by atoms with E-state index in [2.05, 4.69) is 89.5 Å². The Balaban J connectivity index is 0.789. The van der Waals surface area contributed by atoms with Gasteiger partial charge in [-0.15, -0.1) is 6.58 Å². The summed E-state index contributed by atoms with van der Waals surface area (Å²) in [4.78, 5) is 56.0. The predicted molar refractivity (Wildman–Crippen MR) is 238 cm³/mol. The number of nitrogens with one attached hydrogen (secondary N) is 4. The van der Waals surface area contributed by atoms with Gasteiger partial charge in [0.15, 0.2) is 0 Å². The summed E-state index contributed by atoms with van der Waals surface area (Å²) in [7, 11) is 0. The van der Waals surface area contributed by atoms with E-state index in [4.69, 9.17) is 14.7 Å². The SMILES string of the molecule is C=CCCn1cc(-c2nc(Nc3ccc(C4CCN(CCC(C)(C)OCCC(C)(C)Nc5cccc6c5C(=O)N(C5CCCNC5=O)C6=O)CC4)cc3)nc3[nH]ccc23)cn1. The lowest BCUT2D eigenvalue weighted by molar-refractivity contribution is -0.126. The topological polar surface area (TPSA) is 162 Å². The zero-order chi connectivity index (χ0) is 42.7. The van der Waals surface area contributed by atoms with E-state index >= 15 is 0 Å². The number of aryl methyl sites for hydroxylation is 1. The van der Waals surface area contributed by atoms with Crippen molar-refractivity contribution in [1.82, 2.24) is 39.8 Å². The number of imide groups is 1. The van der Waals surface area contributed by atoms with Crippen molar-refractivity contribution in [3.63, 3.8) is 0 Å². The van der Waals surface area contributed by atoms with E-state index in [1.54, 1.807) is 12.1 Å². The van der Waals surface area contributed by atoms with Gasteiger partial charge in [-0.2, -0.15) is 10.1 Å². The minimum absolute atomic E-state index is 0.273. The van der Waals surface area contributed by atoms with E-state index in [0.717, 1.165) is 91.2 Å². The summed E-state index contributed by atoms with van der Waals surface area (Å²) in [6, 6.07) is 15.2. The second-order valence-corrected chi connectivity index (χ2v) is 17.8. The van der Waals surface area contributed by atoms with Crippen LogP contribution in [0, 0.1) is 0 Å². The Kier molecular flexibility index (Phi) is 12.1. The lowest BCUT2D eigenvalue weighted by Gasteiger charge is -2.35. The maximum atomic E-state index is 13.6. The summed E-state index contributed by atoms with van der Waals surface area (Å²) in [5, 5.41) is 15.2. The molecule has 0 spiro atoms. The Morgan fingerprint density at radius 2 is 1.75 bits per heavy atom.